The molecule has 4 heterocycles. The van der Waals surface area contributed by atoms with Crippen LogP contribution in [-0.4, -0.2) is 64.1 Å². The fourth-order valence-corrected chi connectivity index (χ4v) is 7.75. The quantitative estimate of drug-likeness (QED) is 0.221. The molecule has 5 rings (SSSR count). The van der Waals surface area contributed by atoms with Gasteiger partial charge >= 0.3 is 5.97 Å². The van der Waals surface area contributed by atoms with E-state index >= 15 is 0 Å². The van der Waals surface area contributed by atoms with Gasteiger partial charge in [0.25, 0.3) is 0 Å². The van der Waals surface area contributed by atoms with Gasteiger partial charge < -0.3 is 10.0 Å². The summed E-state index contributed by atoms with van der Waals surface area (Å²) in [6, 6.07) is 10.4. The van der Waals surface area contributed by atoms with Gasteiger partial charge in [-0.2, -0.15) is 0 Å². The number of imidazole rings is 1. The van der Waals surface area contributed by atoms with Crippen LogP contribution in [0.3, 0.4) is 0 Å². The highest BCUT2D eigenvalue weighted by Crippen LogP contribution is 2.35. The van der Waals surface area contributed by atoms with Crippen LogP contribution in [-0.2, 0) is 21.2 Å². The Morgan fingerprint density at radius 1 is 1.12 bits per heavy atom. The maximum absolute atomic E-state index is 13.4. The number of halogens is 1. The molecular weight excluding hydrogens is 565 g/mol. The van der Waals surface area contributed by atoms with Crippen LogP contribution >= 0.6 is 11.3 Å². The number of carboxylic acid groups (broad SMARTS) is 1. The number of carboxylic acids is 1. The Morgan fingerprint density at radius 2 is 1.85 bits per heavy atom. The summed E-state index contributed by atoms with van der Waals surface area (Å²) in [4.78, 5) is 22.4. The number of aryl methyl sites for hydroxylation is 1. The highest BCUT2D eigenvalue weighted by atomic mass is 32.2. The number of benzene rings is 1. The third-order valence-electron chi connectivity index (χ3n) is 7.62. The molecular formula is C29H34FN5O4S2. The topological polar surface area (TPSA) is 108 Å². The number of sulfonamides is 1. The lowest BCUT2D eigenvalue weighted by molar-refractivity contribution is -0.137. The van der Waals surface area contributed by atoms with E-state index in [1.165, 1.54) is 23.5 Å². The predicted molar refractivity (Wildman–Crippen MR) is 159 cm³/mol. The summed E-state index contributed by atoms with van der Waals surface area (Å²) in [6.45, 7) is 2.97. The zero-order valence-electron chi connectivity index (χ0n) is 23.2. The molecule has 1 fully saturated rings. The Morgan fingerprint density at radius 3 is 2.54 bits per heavy atom. The molecule has 1 aromatic carbocycles. The Balaban J connectivity index is 1.33. The fraction of sp³-hybridized carbons (Fsp3) is 0.414. The molecule has 1 aliphatic heterocycles. The van der Waals surface area contributed by atoms with E-state index in [1.54, 1.807) is 16.4 Å². The minimum atomic E-state index is -3.40. The maximum atomic E-state index is 13.4. The van der Waals surface area contributed by atoms with Crippen molar-refractivity contribution in [1.82, 2.24) is 18.7 Å². The first kappa shape index (κ1) is 29.2. The van der Waals surface area contributed by atoms with Gasteiger partial charge in [0.15, 0.2) is 5.13 Å². The van der Waals surface area contributed by atoms with E-state index < -0.39 is 16.0 Å². The number of aliphatic carboxylic acids is 1. The van der Waals surface area contributed by atoms with E-state index in [0.717, 1.165) is 45.5 Å². The highest BCUT2D eigenvalue weighted by molar-refractivity contribution is 7.89. The molecule has 0 spiro atoms. The molecule has 1 aliphatic rings. The van der Waals surface area contributed by atoms with Crippen molar-refractivity contribution in [3.63, 3.8) is 0 Å². The lowest BCUT2D eigenvalue weighted by atomic mass is 9.91. The van der Waals surface area contributed by atoms with Crippen LogP contribution in [0.25, 0.3) is 16.9 Å². The normalized spacial score (nSPS) is 15.0. The summed E-state index contributed by atoms with van der Waals surface area (Å²) in [6.07, 6.45) is 5.00. The Kier molecular flexibility index (Phi) is 8.71. The lowest BCUT2D eigenvalue weighted by Crippen LogP contribution is -2.39. The van der Waals surface area contributed by atoms with Crippen LogP contribution in [0.5, 0.6) is 0 Å². The Labute approximate surface area is 243 Å². The monoisotopic (exact) mass is 599 g/mol. The smallest absolute Gasteiger partial charge is 0.303 e. The third kappa shape index (κ3) is 6.44. The minimum absolute atomic E-state index is 0.0107. The van der Waals surface area contributed by atoms with Crippen LogP contribution in [0.15, 0.2) is 48.0 Å². The van der Waals surface area contributed by atoms with Gasteiger partial charge in [-0.15, -0.1) is 11.3 Å². The SMILES string of the molecule is CCc1nc2ccc(C3CCN(S(=O)(=O)CCCCC(=O)O)CC3)cn2c1N(C)c1nc(-c2ccc(F)cc2)cs1. The standard InChI is InChI=1S/C29H34FN5O4S2/c1-3-24-28(33(2)29-32-25(19-40-29)21-7-10-23(30)11-8-21)35-18-22(9-12-26(35)31-24)20-13-15-34(16-14-20)41(38,39)17-5-4-6-27(36)37/h7-12,18-20H,3-6,13-17H2,1-2H3,(H,36,37). The largest absolute Gasteiger partial charge is 0.481 e. The molecule has 3 aromatic heterocycles. The van der Waals surface area contributed by atoms with E-state index in [0.29, 0.717) is 38.8 Å². The van der Waals surface area contributed by atoms with Crippen molar-refractivity contribution in [2.45, 2.75) is 51.4 Å². The van der Waals surface area contributed by atoms with Gasteiger partial charge in [0.1, 0.15) is 17.3 Å². The number of hydrogen-bond acceptors (Lipinski definition) is 7. The first-order chi connectivity index (χ1) is 19.7. The van der Waals surface area contributed by atoms with E-state index in [2.05, 4.69) is 23.6 Å². The van der Waals surface area contributed by atoms with Gasteiger partial charge in [-0.1, -0.05) is 13.0 Å². The molecule has 0 atom stereocenters. The van der Waals surface area contributed by atoms with Crippen LogP contribution < -0.4 is 4.90 Å². The molecule has 4 aromatic rings. The second kappa shape index (κ2) is 12.3. The van der Waals surface area contributed by atoms with Crippen LogP contribution in [0.4, 0.5) is 15.3 Å². The summed E-state index contributed by atoms with van der Waals surface area (Å²) in [5.74, 6) is -0.0455. The molecule has 12 heteroatoms. The molecule has 0 unspecified atom stereocenters. The van der Waals surface area contributed by atoms with Gasteiger partial charge in [0.05, 0.1) is 17.1 Å². The van der Waals surface area contributed by atoms with Crippen molar-refractivity contribution in [2.75, 3.05) is 30.8 Å². The molecule has 0 radical (unpaired) electrons. The van der Waals surface area contributed by atoms with E-state index in [1.807, 2.05) is 23.4 Å². The van der Waals surface area contributed by atoms with E-state index in [4.69, 9.17) is 15.1 Å². The average molecular weight is 600 g/mol. The van der Waals surface area contributed by atoms with Crippen LogP contribution in [0.1, 0.15) is 56.2 Å². The van der Waals surface area contributed by atoms with Gasteiger partial charge in [-0.05, 0) is 73.9 Å². The van der Waals surface area contributed by atoms with Crippen molar-refractivity contribution >= 4 is 43.9 Å². The predicted octanol–water partition coefficient (Wildman–Crippen LogP) is 5.69. The van der Waals surface area contributed by atoms with Crippen molar-refractivity contribution in [3.05, 3.63) is 65.0 Å². The van der Waals surface area contributed by atoms with Crippen molar-refractivity contribution in [1.29, 1.82) is 0 Å². The molecule has 41 heavy (non-hydrogen) atoms. The molecule has 0 amide bonds. The molecule has 1 saturated heterocycles. The van der Waals surface area contributed by atoms with Gasteiger partial charge in [-0.25, -0.2) is 27.1 Å². The number of fused-ring (bicyclic) bond motifs is 1. The van der Waals surface area contributed by atoms with Gasteiger partial charge in [-0.3, -0.25) is 9.20 Å². The summed E-state index contributed by atoms with van der Waals surface area (Å²) in [5.41, 5.74) is 4.56. The van der Waals surface area contributed by atoms with Crippen molar-refractivity contribution in [3.8, 4) is 11.3 Å². The molecule has 0 aliphatic carbocycles. The van der Waals surface area contributed by atoms with Crippen LogP contribution in [0.2, 0.25) is 0 Å². The molecule has 9 nitrogen and oxygen atoms in total. The van der Waals surface area contributed by atoms with Gasteiger partial charge in [0.2, 0.25) is 10.0 Å². The summed E-state index contributed by atoms with van der Waals surface area (Å²) in [5, 5.41) is 11.6. The zero-order chi connectivity index (χ0) is 29.1. The van der Waals surface area contributed by atoms with Crippen molar-refractivity contribution in [2.24, 2.45) is 0 Å². The molecule has 218 valence electrons. The molecule has 0 bridgehead atoms. The van der Waals surface area contributed by atoms with Gasteiger partial charge in [0, 0.05) is 43.7 Å². The molecule has 0 saturated carbocycles. The number of carbonyl (C=O) groups is 1. The fourth-order valence-electron chi connectivity index (χ4n) is 5.35. The number of rotatable bonds is 11. The van der Waals surface area contributed by atoms with Crippen LogP contribution in [0, 0.1) is 5.82 Å². The van der Waals surface area contributed by atoms with E-state index in [-0.39, 0.29) is 23.9 Å². The second-order valence-corrected chi connectivity index (χ2v) is 13.3. The summed E-state index contributed by atoms with van der Waals surface area (Å²) >= 11 is 1.51. The Hall–Kier alpha value is -3.35. The molecule has 1 N–H and O–H groups in total. The average Bonchev–Trinajstić information content (AvgIpc) is 3.60. The summed E-state index contributed by atoms with van der Waals surface area (Å²) in [7, 11) is -1.42. The zero-order valence-corrected chi connectivity index (χ0v) is 24.8. The van der Waals surface area contributed by atoms with Crippen molar-refractivity contribution < 1.29 is 22.7 Å². The Bertz CT molecular complexity index is 1630. The number of thiazole rings is 1. The van der Waals surface area contributed by atoms with E-state index in [9.17, 15) is 17.6 Å². The summed E-state index contributed by atoms with van der Waals surface area (Å²) < 4.78 is 42.6. The minimum Gasteiger partial charge on any atom is -0.481 e. The highest BCUT2D eigenvalue weighted by Gasteiger charge is 2.29. The second-order valence-electron chi connectivity index (χ2n) is 10.3. The first-order valence-electron chi connectivity index (χ1n) is 13.8. The number of piperidine rings is 1. The number of hydrogen-bond donors (Lipinski definition) is 1. The number of aromatic nitrogens is 3. The number of unbranched alkanes of at least 4 members (excludes halogenated alkanes) is 1. The number of pyridine rings is 1. The first-order valence-corrected chi connectivity index (χ1v) is 16.3. The lowest BCUT2D eigenvalue weighted by Gasteiger charge is -2.31. The third-order valence-corrected chi connectivity index (χ3v) is 10.5. The number of nitrogens with zero attached hydrogens (tertiary/aromatic N) is 5. The number of anilines is 2. The maximum Gasteiger partial charge on any atom is 0.303 e.